The second-order valence-electron chi connectivity index (χ2n) is 6.09. The minimum absolute atomic E-state index is 0.0242. The molecule has 1 N–H and O–H groups in total. The van der Waals surface area contributed by atoms with Gasteiger partial charge in [-0.05, 0) is 63.5 Å². The highest BCUT2D eigenvalue weighted by atomic mass is 79.9. The number of halogens is 1. The first kappa shape index (κ1) is 19.4. The molecule has 0 saturated heterocycles. The fraction of sp³-hybridized carbons (Fsp3) is 0.150. The Morgan fingerprint density at radius 1 is 1.04 bits per heavy atom. The molecule has 0 saturated carbocycles. The number of hydrogen-bond acceptors (Lipinski definition) is 4. The van der Waals surface area contributed by atoms with Gasteiger partial charge in [0.05, 0.1) is 13.0 Å². The van der Waals surface area contributed by atoms with Crippen LogP contribution >= 0.6 is 15.9 Å². The quantitative estimate of drug-likeness (QED) is 0.635. The Morgan fingerprint density at radius 3 is 2.41 bits per heavy atom. The van der Waals surface area contributed by atoms with Crippen molar-refractivity contribution >= 4 is 42.6 Å². The third-order valence-electron chi connectivity index (χ3n) is 4.33. The Hall–Kier alpha value is -2.38. The Morgan fingerprint density at radius 2 is 1.70 bits per heavy atom. The molecule has 0 spiro atoms. The van der Waals surface area contributed by atoms with Crippen LogP contribution in [0, 0.1) is 0 Å². The fourth-order valence-electron chi connectivity index (χ4n) is 2.73. The molecule has 0 bridgehead atoms. The predicted molar refractivity (Wildman–Crippen MR) is 108 cm³/mol. The van der Waals surface area contributed by atoms with Gasteiger partial charge in [-0.25, -0.2) is 13.1 Å². The van der Waals surface area contributed by atoms with Gasteiger partial charge >= 0.3 is 0 Å². The number of hydrogen-bond donors (Lipinski definition) is 1. The molecule has 140 valence electrons. The van der Waals surface area contributed by atoms with E-state index in [1.807, 2.05) is 36.4 Å². The molecule has 0 aliphatic rings. The summed E-state index contributed by atoms with van der Waals surface area (Å²) >= 11 is 3.20. The van der Waals surface area contributed by atoms with E-state index in [1.165, 1.54) is 6.07 Å². The summed E-state index contributed by atoms with van der Waals surface area (Å²) in [5.74, 6) is -0.465. The molecular formula is C20H18BrNO4S. The van der Waals surface area contributed by atoms with Crippen LogP contribution in [0.15, 0.2) is 70.0 Å². The van der Waals surface area contributed by atoms with Gasteiger partial charge in [-0.1, -0.05) is 36.4 Å². The average Bonchev–Trinajstić information content (AvgIpc) is 2.66. The lowest BCUT2D eigenvalue weighted by molar-refractivity contribution is -0.120. The van der Waals surface area contributed by atoms with Gasteiger partial charge in [0.25, 0.3) is 10.0 Å². The molecule has 3 aromatic carbocycles. The summed E-state index contributed by atoms with van der Waals surface area (Å²) in [6, 6.07) is 17.6. The number of nitrogens with one attached hydrogen (secondary N) is 1. The third kappa shape index (κ3) is 4.14. The summed E-state index contributed by atoms with van der Waals surface area (Å²) in [5, 5.41) is 1.92. The van der Waals surface area contributed by atoms with Crippen LogP contribution in [-0.2, 0) is 14.8 Å². The van der Waals surface area contributed by atoms with Crippen LogP contribution in [0.2, 0.25) is 0 Å². The summed E-state index contributed by atoms with van der Waals surface area (Å²) < 4.78 is 32.8. The number of carbonyl (C=O) groups excluding carboxylic acids is 1. The minimum atomic E-state index is -3.96. The number of methoxy groups -OCH3 is 1. The van der Waals surface area contributed by atoms with Gasteiger partial charge in [-0.3, -0.25) is 4.79 Å². The number of rotatable bonds is 5. The first-order valence-corrected chi connectivity index (χ1v) is 10.5. The smallest absolute Gasteiger partial charge is 0.265 e. The Bertz CT molecular complexity index is 1110. The van der Waals surface area contributed by atoms with E-state index in [1.54, 1.807) is 32.2 Å². The number of amides is 1. The summed E-state index contributed by atoms with van der Waals surface area (Å²) in [7, 11) is -2.35. The molecule has 27 heavy (non-hydrogen) atoms. The molecule has 0 aromatic heterocycles. The van der Waals surface area contributed by atoms with E-state index in [2.05, 4.69) is 20.7 Å². The molecule has 0 aliphatic heterocycles. The summed E-state index contributed by atoms with van der Waals surface area (Å²) in [5.41, 5.74) is 0.729. The van der Waals surface area contributed by atoms with Crippen LogP contribution in [-0.4, -0.2) is 21.4 Å². The predicted octanol–water partition coefficient (Wildman–Crippen LogP) is 4.22. The molecule has 1 unspecified atom stereocenters. The second-order valence-corrected chi connectivity index (χ2v) is 8.60. The van der Waals surface area contributed by atoms with Gasteiger partial charge in [0, 0.05) is 4.47 Å². The van der Waals surface area contributed by atoms with Crippen molar-refractivity contribution in [3.8, 4) is 5.75 Å². The molecule has 7 heteroatoms. The van der Waals surface area contributed by atoms with Crippen molar-refractivity contribution in [2.75, 3.05) is 7.11 Å². The lowest BCUT2D eigenvalue weighted by atomic mass is 9.97. The van der Waals surface area contributed by atoms with E-state index in [4.69, 9.17) is 4.74 Å². The van der Waals surface area contributed by atoms with Gasteiger partial charge in [0.2, 0.25) is 5.91 Å². The Labute approximate surface area is 166 Å². The molecule has 5 nitrogen and oxygen atoms in total. The normalized spacial score (nSPS) is 12.6. The molecule has 3 aromatic rings. The molecular weight excluding hydrogens is 430 g/mol. The Kier molecular flexibility index (Phi) is 5.53. The summed E-state index contributed by atoms with van der Waals surface area (Å²) in [6.07, 6.45) is 0. The molecule has 1 atom stereocenters. The Balaban J connectivity index is 1.85. The van der Waals surface area contributed by atoms with Crippen LogP contribution in [0.3, 0.4) is 0 Å². The first-order chi connectivity index (χ1) is 12.8. The number of fused-ring (bicyclic) bond motifs is 1. The van der Waals surface area contributed by atoms with Gasteiger partial charge in [0.15, 0.2) is 0 Å². The summed E-state index contributed by atoms with van der Waals surface area (Å²) in [4.78, 5) is 12.6. The number of benzene rings is 3. The van der Waals surface area contributed by atoms with E-state index in [-0.39, 0.29) is 4.90 Å². The summed E-state index contributed by atoms with van der Waals surface area (Å²) in [6.45, 7) is 1.68. The van der Waals surface area contributed by atoms with Crippen molar-refractivity contribution in [1.82, 2.24) is 4.72 Å². The van der Waals surface area contributed by atoms with Crippen LogP contribution in [0.5, 0.6) is 5.75 Å². The van der Waals surface area contributed by atoms with Crippen LogP contribution in [0.1, 0.15) is 18.4 Å². The second kappa shape index (κ2) is 7.70. The van der Waals surface area contributed by atoms with Gasteiger partial charge in [-0.15, -0.1) is 0 Å². The van der Waals surface area contributed by atoms with Crippen LogP contribution in [0.4, 0.5) is 0 Å². The van der Waals surface area contributed by atoms with E-state index < -0.39 is 21.8 Å². The maximum absolute atomic E-state index is 12.6. The molecule has 0 fully saturated rings. The highest BCUT2D eigenvalue weighted by molar-refractivity contribution is 9.10. The largest absolute Gasteiger partial charge is 0.497 e. The standard InChI is InChI=1S/C20H18BrNO4S/c1-13(14-7-8-16-12-17(26-2)10-9-15(16)11-14)20(23)22-27(24,25)19-6-4-3-5-18(19)21/h3-13H,1-2H3,(H,22,23). The molecule has 3 rings (SSSR count). The maximum atomic E-state index is 12.6. The van der Waals surface area contributed by atoms with Gasteiger partial charge in [0.1, 0.15) is 10.6 Å². The zero-order chi connectivity index (χ0) is 19.6. The number of ether oxygens (including phenoxy) is 1. The SMILES string of the molecule is COc1ccc2cc(C(C)C(=O)NS(=O)(=O)c3ccccc3Br)ccc2c1. The lowest BCUT2D eigenvalue weighted by Gasteiger charge is -2.14. The van der Waals surface area contributed by atoms with Crippen molar-refractivity contribution in [3.05, 3.63) is 70.7 Å². The van der Waals surface area contributed by atoms with Crippen molar-refractivity contribution in [1.29, 1.82) is 0 Å². The van der Waals surface area contributed by atoms with Crippen LogP contribution < -0.4 is 9.46 Å². The van der Waals surface area contributed by atoms with E-state index in [0.29, 0.717) is 4.47 Å². The molecule has 1 amide bonds. The topological polar surface area (TPSA) is 72.5 Å². The first-order valence-electron chi connectivity index (χ1n) is 8.21. The van der Waals surface area contributed by atoms with Crippen LogP contribution in [0.25, 0.3) is 10.8 Å². The zero-order valence-electron chi connectivity index (χ0n) is 14.8. The highest BCUT2D eigenvalue weighted by Gasteiger charge is 2.24. The number of carbonyl (C=O) groups is 1. The highest BCUT2D eigenvalue weighted by Crippen LogP contribution is 2.26. The lowest BCUT2D eigenvalue weighted by Crippen LogP contribution is -2.34. The average molecular weight is 448 g/mol. The van der Waals surface area contributed by atoms with E-state index >= 15 is 0 Å². The molecule has 0 heterocycles. The zero-order valence-corrected chi connectivity index (χ0v) is 17.2. The van der Waals surface area contributed by atoms with Crippen molar-refractivity contribution < 1.29 is 17.9 Å². The van der Waals surface area contributed by atoms with Gasteiger partial charge < -0.3 is 4.74 Å². The van der Waals surface area contributed by atoms with E-state index in [0.717, 1.165) is 22.1 Å². The van der Waals surface area contributed by atoms with Gasteiger partial charge in [-0.2, -0.15) is 0 Å². The molecule has 0 aliphatic carbocycles. The minimum Gasteiger partial charge on any atom is -0.497 e. The number of sulfonamides is 1. The monoisotopic (exact) mass is 447 g/mol. The molecule has 0 radical (unpaired) electrons. The van der Waals surface area contributed by atoms with E-state index in [9.17, 15) is 13.2 Å². The third-order valence-corrected chi connectivity index (χ3v) is 6.68. The van der Waals surface area contributed by atoms with Crippen molar-refractivity contribution in [3.63, 3.8) is 0 Å². The maximum Gasteiger partial charge on any atom is 0.265 e. The fourth-order valence-corrected chi connectivity index (χ4v) is 4.79. The van der Waals surface area contributed by atoms with Crippen molar-refractivity contribution in [2.45, 2.75) is 17.7 Å². The van der Waals surface area contributed by atoms with Crippen molar-refractivity contribution in [2.24, 2.45) is 0 Å².